The van der Waals surface area contributed by atoms with Crippen LogP contribution < -0.4 is 5.73 Å². The second-order valence-electron chi connectivity index (χ2n) is 4.84. The van der Waals surface area contributed by atoms with Crippen molar-refractivity contribution in [2.75, 3.05) is 0 Å². The molecule has 1 unspecified atom stereocenters. The molecule has 0 saturated heterocycles. The van der Waals surface area contributed by atoms with Crippen LogP contribution in [0.1, 0.15) is 43.7 Å². The molecule has 1 aromatic carbocycles. The predicted octanol–water partition coefficient (Wildman–Crippen LogP) is 2.72. The summed E-state index contributed by atoms with van der Waals surface area (Å²) < 4.78 is 0. The molecule has 0 heterocycles. The van der Waals surface area contributed by atoms with Gasteiger partial charge in [-0.2, -0.15) is 5.26 Å². The first-order valence-corrected chi connectivity index (χ1v) is 5.95. The van der Waals surface area contributed by atoms with Gasteiger partial charge in [-0.25, -0.2) is 0 Å². The van der Waals surface area contributed by atoms with Crippen molar-refractivity contribution in [2.45, 2.75) is 44.1 Å². The molecule has 0 amide bonds. The van der Waals surface area contributed by atoms with Crippen molar-refractivity contribution in [2.24, 2.45) is 5.73 Å². The molecule has 16 heavy (non-hydrogen) atoms. The molecular weight excluding hydrogens is 196 g/mol. The maximum Gasteiger partial charge on any atom is 0.0991 e. The van der Waals surface area contributed by atoms with E-state index in [9.17, 15) is 0 Å². The molecule has 84 valence electrons. The number of nitrogens with two attached hydrogens (primary N) is 1. The summed E-state index contributed by atoms with van der Waals surface area (Å²) in [7, 11) is 0. The molecule has 1 aliphatic carbocycles. The van der Waals surface area contributed by atoms with Gasteiger partial charge in [0, 0.05) is 11.5 Å². The Bertz CT molecular complexity index is 392. The molecule has 0 aliphatic heterocycles. The van der Waals surface area contributed by atoms with Gasteiger partial charge in [0.2, 0.25) is 0 Å². The van der Waals surface area contributed by atoms with E-state index in [4.69, 9.17) is 11.0 Å². The summed E-state index contributed by atoms with van der Waals surface area (Å²) in [6.45, 7) is 2.10. The zero-order valence-corrected chi connectivity index (χ0v) is 9.74. The van der Waals surface area contributed by atoms with Gasteiger partial charge < -0.3 is 5.73 Å². The third-order valence-electron chi connectivity index (χ3n) is 3.96. The van der Waals surface area contributed by atoms with Crippen LogP contribution in [0.2, 0.25) is 0 Å². The van der Waals surface area contributed by atoms with Crippen molar-refractivity contribution in [3.8, 4) is 6.07 Å². The van der Waals surface area contributed by atoms with E-state index in [2.05, 4.69) is 25.1 Å². The number of nitriles is 1. The molecule has 2 heteroatoms. The minimum absolute atomic E-state index is 0.147. The Morgan fingerprint density at radius 2 is 1.81 bits per heavy atom. The normalized spacial score (nSPS) is 20.3. The molecular formula is C14H18N2. The lowest BCUT2D eigenvalue weighted by Gasteiger charge is -2.33. The molecule has 0 spiro atoms. The fourth-order valence-electron chi connectivity index (χ4n) is 2.89. The van der Waals surface area contributed by atoms with Gasteiger partial charge in [0.15, 0.2) is 0 Å². The van der Waals surface area contributed by atoms with Gasteiger partial charge in [-0.15, -0.1) is 0 Å². The predicted molar refractivity (Wildman–Crippen MR) is 65.0 cm³/mol. The zero-order chi connectivity index (χ0) is 11.6. The van der Waals surface area contributed by atoms with Gasteiger partial charge in [0.05, 0.1) is 11.6 Å². The van der Waals surface area contributed by atoms with Gasteiger partial charge in [0.1, 0.15) is 0 Å². The summed E-state index contributed by atoms with van der Waals surface area (Å²) in [4.78, 5) is 0. The summed E-state index contributed by atoms with van der Waals surface area (Å²) in [5.41, 5.74) is 8.35. The van der Waals surface area contributed by atoms with Crippen LogP contribution in [0.3, 0.4) is 0 Å². The van der Waals surface area contributed by atoms with Crippen molar-refractivity contribution < 1.29 is 0 Å². The van der Waals surface area contributed by atoms with E-state index in [1.165, 1.54) is 31.2 Å². The van der Waals surface area contributed by atoms with Gasteiger partial charge in [-0.05, 0) is 37.5 Å². The van der Waals surface area contributed by atoms with Gasteiger partial charge in [-0.3, -0.25) is 0 Å². The fourth-order valence-corrected chi connectivity index (χ4v) is 2.89. The van der Waals surface area contributed by atoms with Crippen LogP contribution in [-0.2, 0) is 5.41 Å². The van der Waals surface area contributed by atoms with Crippen LogP contribution in [-0.4, -0.2) is 6.04 Å². The van der Waals surface area contributed by atoms with E-state index in [-0.39, 0.29) is 11.5 Å². The first kappa shape index (κ1) is 11.2. The summed E-state index contributed by atoms with van der Waals surface area (Å²) >= 11 is 0. The highest BCUT2D eigenvalue weighted by atomic mass is 14.7. The Morgan fingerprint density at radius 1 is 1.25 bits per heavy atom. The molecule has 1 aromatic rings. The lowest BCUT2D eigenvalue weighted by atomic mass is 9.73. The van der Waals surface area contributed by atoms with Crippen LogP contribution in [0.15, 0.2) is 24.3 Å². The summed E-state index contributed by atoms with van der Waals surface area (Å²) in [6.07, 6.45) is 4.89. The summed E-state index contributed by atoms with van der Waals surface area (Å²) in [6, 6.07) is 10.3. The summed E-state index contributed by atoms with van der Waals surface area (Å²) in [5, 5.41) is 8.79. The average Bonchev–Trinajstić information content (AvgIpc) is 2.79. The number of nitrogens with zero attached hydrogens (tertiary/aromatic N) is 1. The maximum absolute atomic E-state index is 8.79. The van der Waals surface area contributed by atoms with Crippen molar-refractivity contribution in [1.29, 1.82) is 5.26 Å². The highest BCUT2D eigenvalue weighted by Gasteiger charge is 2.38. The van der Waals surface area contributed by atoms with Gasteiger partial charge in [-0.1, -0.05) is 25.0 Å². The Balaban J connectivity index is 2.36. The standard InChI is InChI=1S/C14H18N2/c1-11(16)14(8-2-3-9-14)13-6-4-12(10-15)5-7-13/h4-7,11H,2-3,8-9,16H2,1H3. The second-order valence-corrected chi connectivity index (χ2v) is 4.84. The number of rotatable bonds is 2. The topological polar surface area (TPSA) is 49.8 Å². The second kappa shape index (κ2) is 4.27. The number of benzene rings is 1. The largest absolute Gasteiger partial charge is 0.327 e. The van der Waals surface area contributed by atoms with Crippen LogP contribution in [0.5, 0.6) is 0 Å². The summed E-state index contributed by atoms with van der Waals surface area (Å²) in [5.74, 6) is 0. The molecule has 0 radical (unpaired) electrons. The van der Waals surface area contributed by atoms with Crippen molar-refractivity contribution in [3.63, 3.8) is 0 Å². The molecule has 0 aromatic heterocycles. The maximum atomic E-state index is 8.79. The lowest BCUT2D eigenvalue weighted by Crippen LogP contribution is -2.41. The van der Waals surface area contributed by atoms with Crippen LogP contribution in [0.4, 0.5) is 0 Å². The van der Waals surface area contributed by atoms with E-state index >= 15 is 0 Å². The van der Waals surface area contributed by atoms with Crippen molar-refractivity contribution in [3.05, 3.63) is 35.4 Å². The first-order valence-electron chi connectivity index (χ1n) is 5.95. The van der Waals surface area contributed by atoms with E-state index in [0.717, 1.165) is 5.56 Å². The minimum Gasteiger partial charge on any atom is -0.327 e. The van der Waals surface area contributed by atoms with E-state index in [1.54, 1.807) is 0 Å². The SMILES string of the molecule is CC(N)C1(c2ccc(C#N)cc2)CCCC1. The Kier molecular flexibility index (Phi) is 2.98. The molecule has 0 bridgehead atoms. The monoisotopic (exact) mass is 214 g/mol. The smallest absolute Gasteiger partial charge is 0.0991 e. The fraction of sp³-hybridized carbons (Fsp3) is 0.500. The molecule has 1 atom stereocenters. The average molecular weight is 214 g/mol. The lowest BCUT2D eigenvalue weighted by molar-refractivity contribution is 0.368. The number of hydrogen-bond acceptors (Lipinski definition) is 2. The van der Waals surface area contributed by atoms with Gasteiger partial charge >= 0.3 is 0 Å². The quantitative estimate of drug-likeness (QED) is 0.823. The van der Waals surface area contributed by atoms with Gasteiger partial charge in [0.25, 0.3) is 0 Å². The molecule has 1 saturated carbocycles. The van der Waals surface area contributed by atoms with E-state index in [1.807, 2.05) is 12.1 Å². The van der Waals surface area contributed by atoms with Crippen LogP contribution >= 0.6 is 0 Å². The first-order chi connectivity index (χ1) is 7.69. The molecule has 1 aliphatic rings. The van der Waals surface area contributed by atoms with E-state index < -0.39 is 0 Å². The van der Waals surface area contributed by atoms with E-state index in [0.29, 0.717) is 0 Å². The number of hydrogen-bond donors (Lipinski definition) is 1. The molecule has 1 fully saturated rings. The Hall–Kier alpha value is -1.33. The Labute approximate surface area is 97.1 Å². The molecule has 2 N–H and O–H groups in total. The van der Waals surface area contributed by atoms with Crippen molar-refractivity contribution in [1.82, 2.24) is 0 Å². The van der Waals surface area contributed by atoms with Crippen LogP contribution in [0.25, 0.3) is 0 Å². The minimum atomic E-state index is 0.147. The zero-order valence-electron chi connectivity index (χ0n) is 9.74. The highest BCUT2D eigenvalue weighted by molar-refractivity contribution is 5.36. The highest BCUT2D eigenvalue weighted by Crippen LogP contribution is 2.43. The third kappa shape index (κ3) is 1.72. The third-order valence-corrected chi connectivity index (χ3v) is 3.96. The van der Waals surface area contributed by atoms with Crippen LogP contribution in [0, 0.1) is 11.3 Å². The molecule has 2 nitrogen and oxygen atoms in total. The molecule has 2 rings (SSSR count). The van der Waals surface area contributed by atoms with Crippen molar-refractivity contribution >= 4 is 0 Å². The Morgan fingerprint density at radius 3 is 2.25 bits per heavy atom.